The molecule has 0 amide bonds. The van der Waals surface area contributed by atoms with Gasteiger partial charge in [0.05, 0.1) is 12.1 Å². The zero-order valence-corrected chi connectivity index (χ0v) is 10.3. The first-order valence-corrected chi connectivity index (χ1v) is 5.16. The number of benzene rings is 1. The molecular weight excluding hydrogens is 219 g/mol. The average Bonchev–Trinajstić information content (AvgIpc) is 2.06. The van der Waals surface area contributed by atoms with E-state index in [4.69, 9.17) is 27.9 Å². The number of hydrogen-bond donors (Lipinski definition) is 0. The summed E-state index contributed by atoms with van der Waals surface area (Å²) in [5.41, 5.74) is 0.877. The largest absolute Gasteiger partial charge is 0.495 e. The van der Waals surface area contributed by atoms with E-state index in [1.165, 1.54) is 0 Å². The summed E-state index contributed by atoms with van der Waals surface area (Å²) in [5, 5.41) is 1.29. The summed E-state index contributed by atoms with van der Waals surface area (Å²) < 4.78 is 5.27. The molecule has 0 atom stereocenters. The number of halogens is 2. The Balaban J connectivity index is 3.46. The maximum absolute atomic E-state index is 6.13. The minimum absolute atomic E-state index is 0.0761. The first-order valence-electron chi connectivity index (χ1n) is 4.40. The van der Waals surface area contributed by atoms with E-state index in [0.29, 0.717) is 15.8 Å². The fraction of sp³-hybridized carbons (Fsp3) is 0.455. The molecule has 0 saturated heterocycles. The van der Waals surface area contributed by atoms with Crippen molar-refractivity contribution in [1.29, 1.82) is 0 Å². The topological polar surface area (TPSA) is 9.23 Å². The van der Waals surface area contributed by atoms with Crippen LogP contribution in [-0.4, -0.2) is 7.11 Å². The van der Waals surface area contributed by atoms with Gasteiger partial charge >= 0.3 is 0 Å². The Hall–Kier alpha value is -0.400. The van der Waals surface area contributed by atoms with Gasteiger partial charge in [-0.15, -0.1) is 0 Å². The lowest BCUT2D eigenvalue weighted by Gasteiger charge is -2.24. The van der Waals surface area contributed by atoms with Gasteiger partial charge in [0.15, 0.2) is 0 Å². The number of ether oxygens (including phenoxy) is 1. The highest BCUT2D eigenvalue weighted by molar-refractivity contribution is 6.35. The standard InChI is InChI=1S/C11H14Cl2O/c1-11(2,3)9-7(12)5-6-8(13)10(9)14-4/h5-6H,1-4H3. The molecule has 0 aliphatic heterocycles. The Bertz CT molecular complexity index is 340. The number of hydrogen-bond acceptors (Lipinski definition) is 1. The van der Waals surface area contributed by atoms with Gasteiger partial charge in [-0.05, 0) is 17.5 Å². The van der Waals surface area contributed by atoms with E-state index in [1.807, 2.05) is 0 Å². The summed E-state index contributed by atoms with van der Waals surface area (Å²) in [6.07, 6.45) is 0. The lowest BCUT2D eigenvalue weighted by Crippen LogP contribution is -2.13. The van der Waals surface area contributed by atoms with Crippen LogP contribution in [-0.2, 0) is 5.41 Å². The van der Waals surface area contributed by atoms with Crippen molar-refractivity contribution in [3.8, 4) is 5.75 Å². The summed E-state index contributed by atoms with van der Waals surface area (Å²) in [6, 6.07) is 3.55. The maximum atomic E-state index is 6.13. The first-order chi connectivity index (χ1) is 6.38. The van der Waals surface area contributed by atoms with E-state index in [-0.39, 0.29) is 5.41 Å². The van der Waals surface area contributed by atoms with Crippen molar-refractivity contribution < 1.29 is 4.74 Å². The molecule has 14 heavy (non-hydrogen) atoms. The molecule has 0 heterocycles. The zero-order valence-electron chi connectivity index (χ0n) is 8.82. The minimum atomic E-state index is -0.0761. The van der Waals surface area contributed by atoms with Crippen LogP contribution in [0, 0.1) is 0 Å². The predicted molar refractivity (Wildman–Crippen MR) is 61.7 cm³/mol. The van der Waals surface area contributed by atoms with Crippen LogP contribution >= 0.6 is 23.2 Å². The molecule has 0 unspecified atom stereocenters. The normalized spacial score (nSPS) is 11.6. The molecule has 1 aromatic rings. The fourth-order valence-corrected chi connectivity index (χ4v) is 2.10. The van der Waals surface area contributed by atoms with Gasteiger partial charge in [0, 0.05) is 10.6 Å². The highest BCUT2D eigenvalue weighted by Crippen LogP contribution is 2.41. The van der Waals surface area contributed by atoms with E-state index >= 15 is 0 Å². The van der Waals surface area contributed by atoms with Crippen molar-refractivity contribution in [2.24, 2.45) is 0 Å². The van der Waals surface area contributed by atoms with Crippen LogP contribution in [0.1, 0.15) is 26.3 Å². The molecule has 0 radical (unpaired) electrons. The summed E-state index contributed by atoms with van der Waals surface area (Å²) in [7, 11) is 1.60. The van der Waals surface area contributed by atoms with Gasteiger partial charge in [-0.1, -0.05) is 44.0 Å². The molecule has 0 bridgehead atoms. The van der Waals surface area contributed by atoms with Gasteiger partial charge in [0.2, 0.25) is 0 Å². The Morgan fingerprint density at radius 1 is 1.07 bits per heavy atom. The van der Waals surface area contributed by atoms with Crippen LogP contribution in [0.25, 0.3) is 0 Å². The molecule has 0 saturated carbocycles. The summed E-state index contributed by atoms with van der Waals surface area (Å²) in [5.74, 6) is 0.673. The van der Waals surface area contributed by atoms with Crippen molar-refractivity contribution in [3.05, 3.63) is 27.7 Å². The Kier molecular flexibility index (Phi) is 3.33. The maximum Gasteiger partial charge on any atom is 0.142 e. The minimum Gasteiger partial charge on any atom is -0.495 e. The molecule has 0 aliphatic rings. The third-order valence-electron chi connectivity index (χ3n) is 2.01. The van der Waals surface area contributed by atoms with Crippen LogP contribution in [0.5, 0.6) is 5.75 Å². The second-order valence-electron chi connectivity index (χ2n) is 4.19. The summed E-state index contributed by atoms with van der Waals surface area (Å²) in [6.45, 7) is 6.23. The molecule has 0 fully saturated rings. The zero-order chi connectivity index (χ0) is 10.9. The molecule has 1 aromatic carbocycles. The Morgan fingerprint density at radius 3 is 1.93 bits per heavy atom. The highest BCUT2D eigenvalue weighted by atomic mass is 35.5. The lowest BCUT2D eigenvalue weighted by molar-refractivity contribution is 0.398. The SMILES string of the molecule is COc1c(Cl)ccc(Cl)c1C(C)(C)C. The third-order valence-corrected chi connectivity index (χ3v) is 2.63. The van der Waals surface area contributed by atoms with Gasteiger partial charge in [-0.25, -0.2) is 0 Å². The van der Waals surface area contributed by atoms with Gasteiger partial charge in [-0.3, -0.25) is 0 Å². The van der Waals surface area contributed by atoms with Crippen molar-refractivity contribution in [2.45, 2.75) is 26.2 Å². The fourth-order valence-electron chi connectivity index (χ4n) is 1.43. The van der Waals surface area contributed by atoms with Gasteiger partial charge < -0.3 is 4.74 Å². The number of rotatable bonds is 1. The van der Waals surface area contributed by atoms with Crippen LogP contribution in [0.2, 0.25) is 10.0 Å². The molecule has 0 N–H and O–H groups in total. The van der Waals surface area contributed by atoms with Crippen molar-refractivity contribution in [2.75, 3.05) is 7.11 Å². The predicted octanol–water partition coefficient (Wildman–Crippen LogP) is 4.30. The quantitative estimate of drug-likeness (QED) is 0.702. The van der Waals surface area contributed by atoms with Crippen LogP contribution in [0.15, 0.2) is 12.1 Å². The van der Waals surface area contributed by atoms with Crippen LogP contribution < -0.4 is 4.74 Å². The molecule has 1 nitrogen and oxygen atoms in total. The second kappa shape index (κ2) is 4.00. The Morgan fingerprint density at radius 2 is 1.57 bits per heavy atom. The smallest absolute Gasteiger partial charge is 0.142 e. The molecule has 0 aromatic heterocycles. The number of methoxy groups -OCH3 is 1. The van der Waals surface area contributed by atoms with E-state index in [2.05, 4.69) is 20.8 Å². The molecule has 3 heteroatoms. The van der Waals surface area contributed by atoms with Gasteiger partial charge in [-0.2, -0.15) is 0 Å². The van der Waals surface area contributed by atoms with Crippen LogP contribution in [0.4, 0.5) is 0 Å². The Labute approximate surface area is 95.0 Å². The lowest BCUT2D eigenvalue weighted by atomic mass is 9.86. The highest BCUT2D eigenvalue weighted by Gasteiger charge is 2.23. The van der Waals surface area contributed by atoms with Crippen molar-refractivity contribution >= 4 is 23.2 Å². The monoisotopic (exact) mass is 232 g/mol. The van der Waals surface area contributed by atoms with Gasteiger partial charge in [0.25, 0.3) is 0 Å². The summed E-state index contributed by atoms with van der Waals surface area (Å²) >= 11 is 12.2. The molecule has 0 spiro atoms. The summed E-state index contributed by atoms with van der Waals surface area (Å²) in [4.78, 5) is 0. The van der Waals surface area contributed by atoms with Crippen molar-refractivity contribution in [1.82, 2.24) is 0 Å². The van der Waals surface area contributed by atoms with Crippen molar-refractivity contribution in [3.63, 3.8) is 0 Å². The first kappa shape index (κ1) is 11.7. The van der Waals surface area contributed by atoms with E-state index in [9.17, 15) is 0 Å². The van der Waals surface area contributed by atoms with Crippen LogP contribution in [0.3, 0.4) is 0 Å². The molecule has 78 valence electrons. The van der Waals surface area contributed by atoms with Gasteiger partial charge in [0.1, 0.15) is 5.75 Å². The van der Waals surface area contributed by atoms with E-state index in [0.717, 1.165) is 5.56 Å². The molecule has 0 aliphatic carbocycles. The molecular formula is C11H14Cl2O. The second-order valence-corrected chi connectivity index (χ2v) is 5.00. The van der Waals surface area contributed by atoms with E-state index in [1.54, 1.807) is 19.2 Å². The van der Waals surface area contributed by atoms with E-state index < -0.39 is 0 Å². The molecule has 1 rings (SSSR count). The average molecular weight is 233 g/mol. The third kappa shape index (κ3) is 2.15.